The van der Waals surface area contributed by atoms with Crippen molar-refractivity contribution in [2.45, 2.75) is 39.0 Å². The molecule has 0 radical (unpaired) electrons. The highest BCUT2D eigenvalue weighted by atomic mass is 16.2. The summed E-state index contributed by atoms with van der Waals surface area (Å²) >= 11 is 0. The zero-order valence-corrected chi connectivity index (χ0v) is 11.2. The van der Waals surface area contributed by atoms with Gasteiger partial charge in [-0.25, -0.2) is 0 Å². The van der Waals surface area contributed by atoms with Crippen LogP contribution < -0.4 is 0 Å². The van der Waals surface area contributed by atoms with Crippen LogP contribution >= 0.6 is 0 Å². The van der Waals surface area contributed by atoms with E-state index >= 15 is 0 Å². The van der Waals surface area contributed by atoms with E-state index in [1.54, 1.807) is 18.6 Å². The van der Waals surface area contributed by atoms with Gasteiger partial charge in [-0.1, -0.05) is 13.3 Å². The summed E-state index contributed by atoms with van der Waals surface area (Å²) in [6.45, 7) is 5.92. The van der Waals surface area contributed by atoms with Gasteiger partial charge in [-0.05, 0) is 25.7 Å². The Balaban J connectivity index is 1.96. The van der Waals surface area contributed by atoms with Crippen LogP contribution in [0, 0.1) is 5.92 Å². The van der Waals surface area contributed by atoms with Gasteiger partial charge in [0.2, 0.25) is 5.91 Å². The summed E-state index contributed by atoms with van der Waals surface area (Å²) < 4.78 is 0. The van der Waals surface area contributed by atoms with E-state index in [0.29, 0.717) is 0 Å². The highest BCUT2D eigenvalue weighted by molar-refractivity contribution is 5.82. The Bertz CT molecular complexity index is 385. The lowest BCUT2D eigenvalue weighted by atomic mass is 9.93. The number of hydrogen-bond acceptors (Lipinski definition) is 3. The second-order valence-electron chi connectivity index (χ2n) is 5.03. The minimum atomic E-state index is -0.183. The molecule has 1 aliphatic rings. The van der Waals surface area contributed by atoms with Crippen molar-refractivity contribution in [2.75, 3.05) is 13.1 Å². The smallest absolute Gasteiger partial charge is 0.231 e. The molecule has 1 aliphatic heterocycles. The second kappa shape index (κ2) is 5.94. The lowest BCUT2D eigenvalue weighted by Gasteiger charge is -2.33. The molecule has 98 valence electrons. The maximum atomic E-state index is 12.4. The molecule has 2 rings (SSSR count). The molecule has 0 aromatic carbocycles. The Kier molecular flexibility index (Phi) is 4.28. The molecule has 1 aromatic rings. The summed E-state index contributed by atoms with van der Waals surface area (Å²) in [6.07, 6.45) is 8.45. The van der Waals surface area contributed by atoms with Crippen molar-refractivity contribution in [3.63, 3.8) is 0 Å². The van der Waals surface area contributed by atoms with Crippen molar-refractivity contribution in [3.8, 4) is 0 Å². The summed E-state index contributed by atoms with van der Waals surface area (Å²) in [7, 11) is 0. The van der Waals surface area contributed by atoms with Gasteiger partial charge in [0.05, 0.1) is 11.6 Å². The van der Waals surface area contributed by atoms with E-state index in [2.05, 4.69) is 16.9 Å². The van der Waals surface area contributed by atoms with Crippen molar-refractivity contribution >= 4 is 5.91 Å². The quantitative estimate of drug-likeness (QED) is 0.822. The first-order valence-electron chi connectivity index (χ1n) is 6.77. The number of carbonyl (C=O) groups is 1. The third kappa shape index (κ3) is 2.86. The molecule has 1 aromatic heterocycles. The Labute approximate surface area is 108 Å². The number of aromatic nitrogens is 2. The zero-order valence-electron chi connectivity index (χ0n) is 11.2. The summed E-state index contributed by atoms with van der Waals surface area (Å²) in [6, 6.07) is 0. The first kappa shape index (κ1) is 13.0. The highest BCUT2D eigenvalue weighted by Crippen LogP contribution is 2.23. The van der Waals surface area contributed by atoms with Gasteiger partial charge in [-0.2, -0.15) is 0 Å². The van der Waals surface area contributed by atoms with Crippen LogP contribution in [0.15, 0.2) is 18.6 Å². The van der Waals surface area contributed by atoms with Crippen LogP contribution in [0.2, 0.25) is 0 Å². The Morgan fingerprint density at radius 3 is 2.72 bits per heavy atom. The third-order valence-corrected chi connectivity index (χ3v) is 3.90. The number of amides is 1. The van der Waals surface area contributed by atoms with Gasteiger partial charge in [-0.15, -0.1) is 0 Å². The van der Waals surface area contributed by atoms with Gasteiger partial charge in [0.25, 0.3) is 0 Å². The molecule has 0 N–H and O–H groups in total. The molecule has 1 saturated heterocycles. The molecule has 0 saturated carbocycles. The largest absolute Gasteiger partial charge is 0.342 e. The van der Waals surface area contributed by atoms with Crippen LogP contribution in [-0.4, -0.2) is 33.9 Å². The molecule has 0 aliphatic carbocycles. The average Bonchev–Trinajstić information content (AvgIpc) is 2.47. The predicted molar refractivity (Wildman–Crippen MR) is 70.0 cm³/mol. The predicted octanol–water partition coefficient (Wildman–Crippen LogP) is 2.23. The first-order chi connectivity index (χ1) is 8.72. The molecular weight excluding hydrogens is 226 g/mol. The van der Waals surface area contributed by atoms with Crippen LogP contribution in [-0.2, 0) is 4.79 Å². The Morgan fingerprint density at radius 2 is 2.17 bits per heavy atom. The van der Waals surface area contributed by atoms with Crippen LogP contribution in [0.1, 0.15) is 44.7 Å². The van der Waals surface area contributed by atoms with Gasteiger partial charge in [0.1, 0.15) is 0 Å². The number of piperidine rings is 1. The molecule has 1 fully saturated rings. The van der Waals surface area contributed by atoms with Crippen molar-refractivity contribution in [2.24, 2.45) is 5.92 Å². The van der Waals surface area contributed by atoms with E-state index in [-0.39, 0.29) is 11.8 Å². The van der Waals surface area contributed by atoms with E-state index in [9.17, 15) is 4.79 Å². The molecule has 4 heteroatoms. The summed E-state index contributed by atoms with van der Waals surface area (Å²) in [5.74, 6) is 0.794. The van der Waals surface area contributed by atoms with Gasteiger partial charge < -0.3 is 4.90 Å². The van der Waals surface area contributed by atoms with E-state index in [1.807, 2.05) is 11.8 Å². The van der Waals surface area contributed by atoms with Gasteiger partial charge >= 0.3 is 0 Å². The van der Waals surface area contributed by atoms with Crippen molar-refractivity contribution in [1.29, 1.82) is 0 Å². The lowest BCUT2D eigenvalue weighted by molar-refractivity contribution is -0.133. The number of carbonyl (C=O) groups excluding carboxylic acids is 1. The Morgan fingerprint density at radius 1 is 1.44 bits per heavy atom. The average molecular weight is 247 g/mol. The number of rotatable bonds is 3. The van der Waals surface area contributed by atoms with Gasteiger partial charge in [0.15, 0.2) is 0 Å². The number of likely N-dealkylation sites (tertiary alicyclic amines) is 1. The molecule has 4 nitrogen and oxygen atoms in total. The van der Waals surface area contributed by atoms with Crippen molar-refractivity contribution in [3.05, 3.63) is 24.3 Å². The SMILES string of the molecule is CCC1CCN(C(=O)C(C)c2cnccn2)CC1. The maximum absolute atomic E-state index is 12.4. The highest BCUT2D eigenvalue weighted by Gasteiger charge is 2.26. The van der Waals surface area contributed by atoms with Crippen LogP contribution in [0.25, 0.3) is 0 Å². The van der Waals surface area contributed by atoms with E-state index in [0.717, 1.165) is 37.5 Å². The minimum absolute atomic E-state index is 0.183. The molecule has 0 bridgehead atoms. The zero-order chi connectivity index (χ0) is 13.0. The molecule has 0 spiro atoms. The third-order valence-electron chi connectivity index (χ3n) is 3.90. The molecule has 1 atom stereocenters. The monoisotopic (exact) mass is 247 g/mol. The van der Waals surface area contributed by atoms with Crippen LogP contribution in [0.4, 0.5) is 0 Å². The molecule has 1 unspecified atom stereocenters. The Hall–Kier alpha value is -1.45. The molecule has 2 heterocycles. The maximum Gasteiger partial charge on any atom is 0.231 e. The molecule has 1 amide bonds. The van der Waals surface area contributed by atoms with Crippen LogP contribution in [0.5, 0.6) is 0 Å². The number of nitrogens with zero attached hydrogens (tertiary/aromatic N) is 3. The fraction of sp³-hybridized carbons (Fsp3) is 0.643. The second-order valence-corrected chi connectivity index (χ2v) is 5.03. The van der Waals surface area contributed by atoms with E-state index < -0.39 is 0 Å². The van der Waals surface area contributed by atoms with Gasteiger partial charge in [0, 0.05) is 31.7 Å². The summed E-state index contributed by atoms with van der Waals surface area (Å²) in [5.41, 5.74) is 0.764. The van der Waals surface area contributed by atoms with Crippen molar-refractivity contribution < 1.29 is 4.79 Å². The van der Waals surface area contributed by atoms with Crippen molar-refractivity contribution in [1.82, 2.24) is 14.9 Å². The van der Waals surface area contributed by atoms with Gasteiger partial charge in [-0.3, -0.25) is 14.8 Å². The van der Waals surface area contributed by atoms with E-state index in [1.165, 1.54) is 6.42 Å². The number of hydrogen-bond donors (Lipinski definition) is 0. The van der Waals surface area contributed by atoms with E-state index in [4.69, 9.17) is 0 Å². The normalized spacial score (nSPS) is 18.7. The fourth-order valence-electron chi connectivity index (χ4n) is 2.50. The lowest BCUT2D eigenvalue weighted by Crippen LogP contribution is -2.40. The fourth-order valence-corrected chi connectivity index (χ4v) is 2.50. The topological polar surface area (TPSA) is 46.1 Å². The van der Waals surface area contributed by atoms with Crippen LogP contribution in [0.3, 0.4) is 0 Å². The molecule has 18 heavy (non-hydrogen) atoms. The first-order valence-corrected chi connectivity index (χ1v) is 6.77. The molecular formula is C14H21N3O. The summed E-state index contributed by atoms with van der Waals surface area (Å²) in [4.78, 5) is 22.6. The summed E-state index contributed by atoms with van der Waals surface area (Å²) in [5, 5.41) is 0. The minimum Gasteiger partial charge on any atom is -0.342 e. The standard InChI is InChI=1S/C14H21N3O/c1-3-12-4-8-17(9-5-12)14(18)11(2)13-10-15-6-7-16-13/h6-7,10-12H,3-5,8-9H2,1-2H3.